The van der Waals surface area contributed by atoms with Crippen molar-refractivity contribution >= 4 is 11.4 Å². The van der Waals surface area contributed by atoms with E-state index in [1.165, 1.54) is 6.07 Å². The molecule has 0 heterocycles. The lowest BCUT2D eigenvalue weighted by Gasteiger charge is -2.29. The zero-order chi connectivity index (χ0) is 15.3. The maximum absolute atomic E-state index is 13.8. The highest BCUT2D eigenvalue weighted by atomic mass is 19.1. The summed E-state index contributed by atoms with van der Waals surface area (Å²) in [5.41, 5.74) is 7.22. The first-order chi connectivity index (χ1) is 9.36. The minimum Gasteiger partial charge on any atom is -0.490 e. The van der Waals surface area contributed by atoms with Gasteiger partial charge in [-0.05, 0) is 25.7 Å². The number of nitrogen functional groups attached to an aromatic ring is 1. The van der Waals surface area contributed by atoms with Crippen LogP contribution in [-0.2, 0) is 0 Å². The first-order valence-electron chi connectivity index (χ1n) is 7.31. The van der Waals surface area contributed by atoms with Crippen LogP contribution in [0.1, 0.15) is 40.5 Å². The van der Waals surface area contributed by atoms with Gasteiger partial charge in [0.05, 0.1) is 18.0 Å². The maximum atomic E-state index is 13.8. The largest absolute Gasteiger partial charge is 0.490 e. The van der Waals surface area contributed by atoms with Crippen molar-refractivity contribution in [3.8, 4) is 5.75 Å². The van der Waals surface area contributed by atoms with Gasteiger partial charge in [0.2, 0.25) is 0 Å². The Morgan fingerprint density at radius 3 is 2.50 bits per heavy atom. The van der Waals surface area contributed by atoms with Crippen LogP contribution >= 0.6 is 0 Å². The highest BCUT2D eigenvalue weighted by Crippen LogP contribution is 2.32. The van der Waals surface area contributed by atoms with Crippen LogP contribution in [-0.4, -0.2) is 19.7 Å². The van der Waals surface area contributed by atoms with Crippen molar-refractivity contribution < 1.29 is 9.13 Å². The van der Waals surface area contributed by atoms with Crippen LogP contribution in [0.15, 0.2) is 12.1 Å². The Hall–Kier alpha value is -1.45. The van der Waals surface area contributed by atoms with E-state index in [1.54, 1.807) is 6.07 Å². The molecule has 0 saturated carbocycles. The molecule has 0 aliphatic rings. The predicted octanol–water partition coefficient (Wildman–Crippen LogP) is 4.07. The van der Waals surface area contributed by atoms with Gasteiger partial charge in [-0.2, -0.15) is 0 Å². The first kappa shape index (κ1) is 16.6. The summed E-state index contributed by atoms with van der Waals surface area (Å²) in [6.07, 6.45) is 1.90. The van der Waals surface area contributed by atoms with Crippen molar-refractivity contribution in [1.82, 2.24) is 0 Å². The van der Waals surface area contributed by atoms with Crippen LogP contribution < -0.4 is 15.4 Å². The molecule has 1 aromatic rings. The van der Waals surface area contributed by atoms with Crippen LogP contribution in [0.3, 0.4) is 0 Å². The number of rotatable bonds is 7. The molecule has 2 N–H and O–H groups in total. The fourth-order valence-electron chi connectivity index (χ4n) is 2.26. The van der Waals surface area contributed by atoms with Crippen molar-refractivity contribution in [2.24, 2.45) is 5.92 Å². The molecule has 0 fully saturated rings. The second kappa shape index (κ2) is 7.36. The molecular weight excluding hydrogens is 255 g/mol. The van der Waals surface area contributed by atoms with Gasteiger partial charge in [0, 0.05) is 25.2 Å². The van der Waals surface area contributed by atoms with Crippen molar-refractivity contribution in [3.05, 3.63) is 17.9 Å². The van der Waals surface area contributed by atoms with Gasteiger partial charge < -0.3 is 15.4 Å². The average Bonchev–Trinajstić information content (AvgIpc) is 2.36. The molecule has 4 heteroatoms. The molecule has 0 spiro atoms. The molecule has 0 amide bonds. The molecule has 1 rings (SSSR count). The van der Waals surface area contributed by atoms with Crippen LogP contribution in [0.5, 0.6) is 5.75 Å². The molecular formula is C16H27FN2O. The Morgan fingerprint density at radius 1 is 1.30 bits per heavy atom. The lowest BCUT2D eigenvalue weighted by atomic mass is 10.0. The van der Waals surface area contributed by atoms with Crippen LogP contribution in [0, 0.1) is 11.7 Å². The second-order valence-corrected chi connectivity index (χ2v) is 5.78. The molecule has 0 saturated heterocycles. The number of benzene rings is 1. The second-order valence-electron chi connectivity index (χ2n) is 5.78. The molecule has 0 bridgehead atoms. The normalized spacial score (nSPS) is 12.6. The third-order valence-corrected chi connectivity index (χ3v) is 3.40. The summed E-state index contributed by atoms with van der Waals surface area (Å²) >= 11 is 0. The Bertz CT molecular complexity index is 435. The third kappa shape index (κ3) is 4.29. The smallest absolute Gasteiger partial charge is 0.167 e. The first-order valence-corrected chi connectivity index (χ1v) is 7.31. The van der Waals surface area contributed by atoms with E-state index >= 15 is 0 Å². The van der Waals surface area contributed by atoms with Crippen molar-refractivity contribution in [3.63, 3.8) is 0 Å². The number of hydrogen-bond acceptors (Lipinski definition) is 3. The van der Waals surface area contributed by atoms with E-state index in [9.17, 15) is 4.39 Å². The van der Waals surface area contributed by atoms with Crippen molar-refractivity contribution in [2.45, 2.75) is 46.6 Å². The standard InChI is InChI=1S/C16H27FN2O/c1-6-7-20-16-10-15(14(18)9-13(16)17)19(5)12(4)8-11(2)3/h9-12H,6-8,18H2,1-5H3. The van der Waals surface area contributed by atoms with Gasteiger partial charge in [-0.25, -0.2) is 4.39 Å². The maximum Gasteiger partial charge on any atom is 0.167 e. The van der Waals surface area contributed by atoms with Crippen LogP contribution in [0.4, 0.5) is 15.8 Å². The van der Waals surface area contributed by atoms with E-state index in [-0.39, 0.29) is 5.75 Å². The van der Waals surface area contributed by atoms with E-state index in [0.29, 0.717) is 24.3 Å². The highest BCUT2D eigenvalue weighted by molar-refractivity contribution is 5.70. The molecule has 0 aromatic heterocycles. The zero-order valence-electron chi connectivity index (χ0n) is 13.2. The lowest BCUT2D eigenvalue weighted by Crippen LogP contribution is -2.30. The number of halogens is 1. The average molecular weight is 282 g/mol. The van der Waals surface area contributed by atoms with Gasteiger partial charge in [0.15, 0.2) is 11.6 Å². The minimum atomic E-state index is -0.399. The Morgan fingerprint density at radius 2 is 1.95 bits per heavy atom. The van der Waals surface area contributed by atoms with Gasteiger partial charge in [-0.15, -0.1) is 0 Å². The summed E-state index contributed by atoms with van der Waals surface area (Å²) in [4.78, 5) is 2.09. The van der Waals surface area contributed by atoms with Gasteiger partial charge >= 0.3 is 0 Å². The Balaban J connectivity index is 2.98. The quantitative estimate of drug-likeness (QED) is 0.766. The monoisotopic (exact) mass is 282 g/mol. The summed E-state index contributed by atoms with van der Waals surface area (Å²) in [5, 5.41) is 0. The summed E-state index contributed by atoms with van der Waals surface area (Å²) in [7, 11) is 1.99. The number of nitrogens with two attached hydrogens (primary N) is 1. The van der Waals surface area contributed by atoms with E-state index in [1.807, 2.05) is 14.0 Å². The molecule has 0 radical (unpaired) electrons. The molecule has 1 aromatic carbocycles. The molecule has 0 aliphatic heterocycles. The number of ether oxygens (including phenoxy) is 1. The third-order valence-electron chi connectivity index (χ3n) is 3.40. The zero-order valence-corrected chi connectivity index (χ0v) is 13.2. The van der Waals surface area contributed by atoms with Gasteiger partial charge in [0.25, 0.3) is 0 Å². The van der Waals surface area contributed by atoms with Gasteiger partial charge in [0.1, 0.15) is 0 Å². The fourth-order valence-corrected chi connectivity index (χ4v) is 2.26. The molecule has 0 aliphatic carbocycles. The predicted molar refractivity (Wildman–Crippen MR) is 83.9 cm³/mol. The van der Waals surface area contributed by atoms with Crippen molar-refractivity contribution in [1.29, 1.82) is 0 Å². The van der Waals surface area contributed by atoms with Crippen LogP contribution in [0.25, 0.3) is 0 Å². The molecule has 1 unspecified atom stereocenters. The number of nitrogens with zero attached hydrogens (tertiary/aromatic N) is 1. The van der Waals surface area contributed by atoms with E-state index in [4.69, 9.17) is 10.5 Å². The lowest BCUT2D eigenvalue weighted by molar-refractivity contribution is 0.301. The van der Waals surface area contributed by atoms with E-state index in [2.05, 4.69) is 25.7 Å². The molecule has 20 heavy (non-hydrogen) atoms. The summed E-state index contributed by atoms with van der Waals surface area (Å²) < 4.78 is 19.2. The Labute approximate surface area is 121 Å². The summed E-state index contributed by atoms with van der Waals surface area (Å²) in [6.45, 7) is 9.02. The SMILES string of the molecule is CCCOc1cc(N(C)C(C)CC(C)C)c(N)cc1F. The number of anilines is 2. The molecule has 1 atom stereocenters. The molecule has 114 valence electrons. The highest BCUT2D eigenvalue weighted by Gasteiger charge is 2.17. The van der Waals surface area contributed by atoms with Crippen molar-refractivity contribution in [2.75, 3.05) is 24.3 Å². The Kier molecular flexibility index (Phi) is 6.11. The fraction of sp³-hybridized carbons (Fsp3) is 0.625. The van der Waals surface area contributed by atoms with Crippen LogP contribution in [0.2, 0.25) is 0 Å². The van der Waals surface area contributed by atoms with E-state index < -0.39 is 5.82 Å². The van der Waals surface area contributed by atoms with Gasteiger partial charge in [-0.3, -0.25) is 0 Å². The molecule has 3 nitrogen and oxygen atoms in total. The van der Waals surface area contributed by atoms with E-state index in [0.717, 1.165) is 18.5 Å². The number of hydrogen-bond donors (Lipinski definition) is 1. The minimum absolute atomic E-state index is 0.277. The topological polar surface area (TPSA) is 38.5 Å². The van der Waals surface area contributed by atoms with Gasteiger partial charge in [-0.1, -0.05) is 20.8 Å². The summed E-state index contributed by atoms with van der Waals surface area (Å²) in [5.74, 6) is 0.481. The summed E-state index contributed by atoms with van der Waals surface area (Å²) in [6, 6.07) is 3.39.